The number of hydrogen-bond donors (Lipinski definition) is 0. The molecule has 1 saturated heterocycles. The van der Waals surface area contributed by atoms with Crippen LogP contribution in [0.4, 0.5) is 0 Å². The third-order valence-electron chi connectivity index (χ3n) is 5.83. The SMILES string of the molecule is CCCC[C@H](c1nnnn1CCOC)N1CCN(C2CCCC2)CC1. The van der Waals surface area contributed by atoms with E-state index >= 15 is 0 Å². The van der Waals surface area contributed by atoms with Crippen molar-refractivity contribution in [3.05, 3.63) is 5.82 Å². The molecule has 25 heavy (non-hydrogen) atoms. The fraction of sp³-hybridized carbons (Fsp3) is 0.944. The first kappa shape index (κ1) is 18.7. The van der Waals surface area contributed by atoms with Crippen LogP contribution in [0.25, 0.3) is 0 Å². The van der Waals surface area contributed by atoms with Gasteiger partial charge in [-0.05, 0) is 29.7 Å². The lowest BCUT2D eigenvalue weighted by atomic mass is 10.1. The highest BCUT2D eigenvalue weighted by Gasteiger charge is 2.31. The van der Waals surface area contributed by atoms with Gasteiger partial charge in [-0.2, -0.15) is 0 Å². The van der Waals surface area contributed by atoms with E-state index < -0.39 is 0 Å². The maximum atomic E-state index is 5.21. The molecule has 0 spiro atoms. The van der Waals surface area contributed by atoms with Crippen molar-refractivity contribution in [2.24, 2.45) is 0 Å². The number of methoxy groups -OCH3 is 1. The summed E-state index contributed by atoms with van der Waals surface area (Å²) in [5.41, 5.74) is 0. The van der Waals surface area contributed by atoms with Crippen molar-refractivity contribution in [3.63, 3.8) is 0 Å². The molecule has 2 aliphatic rings. The summed E-state index contributed by atoms with van der Waals surface area (Å²) in [6.45, 7) is 8.25. The second-order valence-electron chi connectivity index (χ2n) is 7.42. The van der Waals surface area contributed by atoms with Crippen molar-refractivity contribution in [3.8, 4) is 0 Å². The zero-order valence-electron chi connectivity index (χ0n) is 15.9. The summed E-state index contributed by atoms with van der Waals surface area (Å²) in [6, 6.07) is 1.17. The van der Waals surface area contributed by atoms with Crippen molar-refractivity contribution in [1.82, 2.24) is 30.0 Å². The molecule has 0 aromatic carbocycles. The van der Waals surface area contributed by atoms with Crippen molar-refractivity contribution in [2.45, 2.75) is 70.5 Å². The molecule has 7 nitrogen and oxygen atoms in total. The van der Waals surface area contributed by atoms with Crippen LogP contribution in [0.3, 0.4) is 0 Å². The summed E-state index contributed by atoms with van der Waals surface area (Å²) in [5.74, 6) is 1.01. The Bertz CT molecular complexity index is 494. The Balaban J connectivity index is 1.63. The Hall–Kier alpha value is -1.05. The van der Waals surface area contributed by atoms with E-state index in [2.05, 4.69) is 32.2 Å². The van der Waals surface area contributed by atoms with Gasteiger partial charge >= 0.3 is 0 Å². The van der Waals surface area contributed by atoms with Crippen LogP contribution in [-0.4, -0.2) is 75.9 Å². The second-order valence-corrected chi connectivity index (χ2v) is 7.42. The monoisotopic (exact) mass is 350 g/mol. The molecule has 3 rings (SSSR count). The predicted octanol–water partition coefficient (Wildman–Crippen LogP) is 2.11. The molecular formula is C18H34N6O. The van der Waals surface area contributed by atoms with Gasteiger partial charge in [0.05, 0.1) is 19.2 Å². The first-order valence-electron chi connectivity index (χ1n) is 10.1. The van der Waals surface area contributed by atoms with Gasteiger partial charge in [0.15, 0.2) is 5.82 Å². The molecule has 0 bridgehead atoms. The number of nitrogens with zero attached hydrogens (tertiary/aromatic N) is 6. The number of piperazine rings is 1. The molecule has 2 fully saturated rings. The lowest BCUT2D eigenvalue weighted by Crippen LogP contribution is -2.50. The van der Waals surface area contributed by atoms with Crippen LogP contribution in [0.1, 0.15) is 63.7 Å². The minimum absolute atomic E-state index is 0.331. The number of aromatic nitrogens is 4. The Morgan fingerprint density at radius 1 is 1.16 bits per heavy atom. The number of rotatable bonds is 9. The smallest absolute Gasteiger partial charge is 0.168 e. The van der Waals surface area contributed by atoms with Crippen LogP contribution in [0.2, 0.25) is 0 Å². The molecule has 1 aromatic heterocycles. The average molecular weight is 351 g/mol. The maximum absolute atomic E-state index is 5.21. The highest BCUT2D eigenvalue weighted by Crippen LogP contribution is 2.29. The molecule has 7 heteroatoms. The van der Waals surface area contributed by atoms with Crippen LogP contribution < -0.4 is 0 Å². The van der Waals surface area contributed by atoms with Gasteiger partial charge in [-0.1, -0.05) is 32.6 Å². The number of ether oxygens (including phenoxy) is 1. The molecule has 1 aromatic rings. The van der Waals surface area contributed by atoms with E-state index in [1.165, 1.54) is 51.6 Å². The molecule has 1 atom stereocenters. The number of unbranched alkanes of at least 4 members (excludes halogenated alkanes) is 1. The van der Waals surface area contributed by atoms with Gasteiger partial charge in [-0.25, -0.2) is 4.68 Å². The third kappa shape index (κ3) is 4.77. The molecule has 142 valence electrons. The zero-order chi connectivity index (χ0) is 17.5. The van der Waals surface area contributed by atoms with E-state index in [1.807, 2.05) is 4.68 Å². The van der Waals surface area contributed by atoms with Crippen LogP contribution in [0, 0.1) is 0 Å². The molecule has 0 unspecified atom stereocenters. The fourth-order valence-electron chi connectivity index (χ4n) is 4.34. The van der Waals surface area contributed by atoms with Crippen molar-refractivity contribution >= 4 is 0 Å². The molecular weight excluding hydrogens is 316 g/mol. The lowest BCUT2D eigenvalue weighted by molar-refractivity contribution is 0.0614. The van der Waals surface area contributed by atoms with Crippen LogP contribution in [0.15, 0.2) is 0 Å². The van der Waals surface area contributed by atoms with Gasteiger partial charge in [-0.15, -0.1) is 5.10 Å². The van der Waals surface area contributed by atoms with Crippen LogP contribution in [-0.2, 0) is 11.3 Å². The van der Waals surface area contributed by atoms with E-state index in [0.717, 1.165) is 37.9 Å². The van der Waals surface area contributed by atoms with E-state index in [0.29, 0.717) is 12.6 Å². The summed E-state index contributed by atoms with van der Waals surface area (Å²) >= 11 is 0. The molecule has 1 aliphatic carbocycles. The average Bonchev–Trinajstić information content (AvgIpc) is 3.33. The van der Waals surface area contributed by atoms with E-state index in [9.17, 15) is 0 Å². The normalized spacial score (nSPS) is 21.8. The van der Waals surface area contributed by atoms with Crippen LogP contribution >= 0.6 is 0 Å². The van der Waals surface area contributed by atoms with Crippen molar-refractivity contribution in [2.75, 3.05) is 39.9 Å². The highest BCUT2D eigenvalue weighted by atomic mass is 16.5. The minimum Gasteiger partial charge on any atom is -0.383 e. The Kier molecular flexibility index (Phi) is 7.19. The van der Waals surface area contributed by atoms with Gasteiger partial charge in [0, 0.05) is 39.3 Å². The summed E-state index contributed by atoms with van der Waals surface area (Å²) in [4.78, 5) is 5.32. The molecule has 2 heterocycles. The van der Waals surface area contributed by atoms with Gasteiger partial charge in [0.25, 0.3) is 0 Å². The molecule has 0 radical (unpaired) electrons. The number of hydrogen-bond acceptors (Lipinski definition) is 6. The third-order valence-corrected chi connectivity index (χ3v) is 5.83. The van der Waals surface area contributed by atoms with E-state index in [1.54, 1.807) is 7.11 Å². The summed E-state index contributed by atoms with van der Waals surface area (Å²) in [5, 5.41) is 12.5. The Morgan fingerprint density at radius 3 is 2.60 bits per heavy atom. The van der Waals surface area contributed by atoms with Crippen LogP contribution in [0.5, 0.6) is 0 Å². The summed E-state index contributed by atoms with van der Waals surface area (Å²) in [6.07, 6.45) is 9.18. The van der Waals surface area contributed by atoms with Gasteiger partial charge in [0.2, 0.25) is 0 Å². The number of tetrazole rings is 1. The van der Waals surface area contributed by atoms with Gasteiger partial charge in [0.1, 0.15) is 0 Å². The maximum Gasteiger partial charge on any atom is 0.168 e. The lowest BCUT2D eigenvalue weighted by Gasteiger charge is -2.41. The van der Waals surface area contributed by atoms with E-state index in [4.69, 9.17) is 4.74 Å². The van der Waals surface area contributed by atoms with Gasteiger partial charge in [-0.3, -0.25) is 9.80 Å². The standard InChI is InChI=1S/C18H34N6O/c1-3-4-9-17(18-19-20-21-24(18)14-15-25-2)23-12-10-22(11-13-23)16-7-5-6-8-16/h16-17H,3-15H2,1-2H3/t17-/m1/s1. The van der Waals surface area contributed by atoms with E-state index in [-0.39, 0.29) is 0 Å². The van der Waals surface area contributed by atoms with Crippen molar-refractivity contribution in [1.29, 1.82) is 0 Å². The Labute approximate surface area is 151 Å². The molecule has 0 amide bonds. The Morgan fingerprint density at radius 2 is 1.92 bits per heavy atom. The second kappa shape index (κ2) is 9.59. The molecule has 0 N–H and O–H groups in total. The van der Waals surface area contributed by atoms with Crippen molar-refractivity contribution < 1.29 is 4.74 Å². The summed E-state index contributed by atoms with van der Waals surface area (Å²) in [7, 11) is 1.72. The predicted molar refractivity (Wildman–Crippen MR) is 97.4 cm³/mol. The highest BCUT2D eigenvalue weighted by molar-refractivity contribution is 4.96. The summed E-state index contributed by atoms with van der Waals surface area (Å²) < 4.78 is 7.15. The van der Waals surface area contributed by atoms with Gasteiger partial charge < -0.3 is 4.74 Å². The topological polar surface area (TPSA) is 59.3 Å². The molecule has 1 aliphatic heterocycles. The minimum atomic E-state index is 0.331. The first-order chi connectivity index (χ1) is 12.3. The molecule has 1 saturated carbocycles. The zero-order valence-corrected chi connectivity index (χ0v) is 15.9. The first-order valence-corrected chi connectivity index (χ1v) is 10.1. The largest absolute Gasteiger partial charge is 0.383 e. The quantitative estimate of drug-likeness (QED) is 0.680. The fourth-order valence-corrected chi connectivity index (χ4v) is 4.34.